The van der Waals surface area contributed by atoms with Gasteiger partial charge < -0.3 is 14.6 Å². The van der Waals surface area contributed by atoms with Gasteiger partial charge in [0.15, 0.2) is 5.79 Å². The molecule has 4 heteroatoms. The normalized spacial score (nSPS) is 39.6. The highest BCUT2D eigenvalue weighted by Gasteiger charge is 2.51. The van der Waals surface area contributed by atoms with E-state index in [-0.39, 0.29) is 6.04 Å². The van der Waals surface area contributed by atoms with Gasteiger partial charge in [-0.1, -0.05) is 0 Å². The Morgan fingerprint density at radius 3 is 2.44 bits per heavy atom. The van der Waals surface area contributed by atoms with Crippen LogP contribution in [0.2, 0.25) is 0 Å². The van der Waals surface area contributed by atoms with E-state index in [0.29, 0.717) is 13.2 Å². The SMILES string of the molecule is OC1C(N2CCCC2)CCCC12OCCO2. The molecule has 2 saturated heterocycles. The topological polar surface area (TPSA) is 41.9 Å². The van der Waals surface area contributed by atoms with Crippen molar-refractivity contribution in [1.82, 2.24) is 4.90 Å². The molecule has 0 aromatic carbocycles. The second-order valence-corrected chi connectivity index (χ2v) is 5.16. The van der Waals surface area contributed by atoms with E-state index in [4.69, 9.17) is 9.47 Å². The van der Waals surface area contributed by atoms with E-state index in [9.17, 15) is 5.11 Å². The Balaban J connectivity index is 1.74. The van der Waals surface area contributed by atoms with Crippen molar-refractivity contribution in [3.8, 4) is 0 Å². The summed E-state index contributed by atoms with van der Waals surface area (Å²) < 4.78 is 11.4. The Morgan fingerprint density at radius 1 is 1.06 bits per heavy atom. The van der Waals surface area contributed by atoms with Crippen molar-refractivity contribution in [1.29, 1.82) is 0 Å². The summed E-state index contributed by atoms with van der Waals surface area (Å²) in [6.45, 7) is 3.50. The van der Waals surface area contributed by atoms with Crippen molar-refractivity contribution in [3.05, 3.63) is 0 Å². The monoisotopic (exact) mass is 227 g/mol. The predicted molar refractivity (Wildman–Crippen MR) is 59.1 cm³/mol. The van der Waals surface area contributed by atoms with Crippen LogP contribution in [0.1, 0.15) is 32.1 Å². The Kier molecular flexibility index (Phi) is 2.92. The van der Waals surface area contributed by atoms with Crippen molar-refractivity contribution in [2.75, 3.05) is 26.3 Å². The minimum atomic E-state index is -0.675. The molecular weight excluding hydrogens is 206 g/mol. The van der Waals surface area contributed by atoms with Crippen LogP contribution in [0.5, 0.6) is 0 Å². The first-order valence-electron chi connectivity index (χ1n) is 6.52. The molecule has 0 radical (unpaired) electrons. The highest BCUT2D eigenvalue weighted by molar-refractivity contribution is 4.97. The zero-order valence-electron chi connectivity index (χ0n) is 9.73. The molecule has 3 rings (SSSR count). The lowest BCUT2D eigenvalue weighted by atomic mass is 9.86. The van der Waals surface area contributed by atoms with Gasteiger partial charge in [-0.2, -0.15) is 0 Å². The van der Waals surface area contributed by atoms with Gasteiger partial charge in [0.1, 0.15) is 6.10 Å². The van der Waals surface area contributed by atoms with E-state index in [2.05, 4.69) is 4.90 Å². The first-order valence-corrected chi connectivity index (χ1v) is 6.52. The van der Waals surface area contributed by atoms with Gasteiger partial charge in [0.25, 0.3) is 0 Å². The van der Waals surface area contributed by atoms with Gasteiger partial charge in [-0.25, -0.2) is 0 Å². The number of hydrogen-bond donors (Lipinski definition) is 1. The molecular formula is C12H21NO3. The highest BCUT2D eigenvalue weighted by atomic mass is 16.7. The van der Waals surface area contributed by atoms with Gasteiger partial charge >= 0.3 is 0 Å². The smallest absolute Gasteiger partial charge is 0.196 e. The lowest BCUT2D eigenvalue weighted by Gasteiger charge is -2.44. The van der Waals surface area contributed by atoms with E-state index in [1.54, 1.807) is 0 Å². The van der Waals surface area contributed by atoms with E-state index in [1.807, 2.05) is 0 Å². The quantitative estimate of drug-likeness (QED) is 0.717. The lowest BCUT2D eigenvalue weighted by Crippen LogP contribution is -2.58. The number of hydrogen-bond acceptors (Lipinski definition) is 4. The Labute approximate surface area is 96.5 Å². The number of rotatable bonds is 1. The molecule has 3 fully saturated rings. The molecule has 0 amide bonds. The maximum Gasteiger partial charge on any atom is 0.196 e. The number of aliphatic hydroxyl groups is 1. The van der Waals surface area contributed by atoms with Gasteiger partial charge in [0.05, 0.1) is 13.2 Å². The Bertz CT molecular complexity index is 247. The molecule has 2 heterocycles. The summed E-state index contributed by atoms with van der Waals surface area (Å²) in [5.74, 6) is -0.675. The minimum absolute atomic E-state index is 0.245. The number of nitrogens with zero attached hydrogens (tertiary/aromatic N) is 1. The zero-order valence-corrected chi connectivity index (χ0v) is 9.73. The van der Waals surface area contributed by atoms with Crippen LogP contribution in [0.25, 0.3) is 0 Å². The van der Waals surface area contributed by atoms with Crippen LogP contribution in [0.4, 0.5) is 0 Å². The van der Waals surface area contributed by atoms with E-state index < -0.39 is 11.9 Å². The summed E-state index contributed by atoms with van der Waals surface area (Å²) in [5.41, 5.74) is 0. The maximum atomic E-state index is 10.5. The summed E-state index contributed by atoms with van der Waals surface area (Å²) in [4.78, 5) is 2.41. The fraction of sp³-hybridized carbons (Fsp3) is 1.00. The predicted octanol–water partition coefficient (Wildman–Crippen LogP) is 0.739. The van der Waals surface area contributed by atoms with Crippen LogP contribution in [-0.4, -0.2) is 54.2 Å². The fourth-order valence-corrected chi connectivity index (χ4v) is 3.40. The third-order valence-electron chi connectivity index (χ3n) is 4.23. The third-order valence-corrected chi connectivity index (χ3v) is 4.23. The van der Waals surface area contributed by atoms with Crippen molar-refractivity contribution >= 4 is 0 Å². The first kappa shape index (κ1) is 11.0. The second kappa shape index (κ2) is 4.26. The van der Waals surface area contributed by atoms with Crippen LogP contribution in [0.3, 0.4) is 0 Å². The van der Waals surface area contributed by atoms with E-state index in [0.717, 1.165) is 32.4 Å². The second-order valence-electron chi connectivity index (χ2n) is 5.16. The Morgan fingerprint density at radius 2 is 1.75 bits per heavy atom. The lowest BCUT2D eigenvalue weighted by molar-refractivity contribution is -0.251. The highest BCUT2D eigenvalue weighted by Crippen LogP contribution is 2.38. The Hall–Kier alpha value is -0.160. The largest absolute Gasteiger partial charge is 0.386 e. The van der Waals surface area contributed by atoms with Gasteiger partial charge in [-0.15, -0.1) is 0 Å². The number of aliphatic hydroxyl groups excluding tert-OH is 1. The van der Waals surface area contributed by atoms with Gasteiger partial charge in [0.2, 0.25) is 0 Å². The van der Waals surface area contributed by atoms with Crippen molar-refractivity contribution in [3.63, 3.8) is 0 Å². The summed E-state index contributed by atoms with van der Waals surface area (Å²) in [7, 11) is 0. The van der Waals surface area contributed by atoms with Gasteiger partial charge in [-0.3, -0.25) is 4.90 Å². The molecule has 1 aliphatic carbocycles. The molecule has 0 bridgehead atoms. The van der Waals surface area contributed by atoms with Crippen LogP contribution in [-0.2, 0) is 9.47 Å². The van der Waals surface area contributed by atoms with Crippen molar-refractivity contribution < 1.29 is 14.6 Å². The van der Waals surface area contributed by atoms with E-state index in [1.165, 1.54) is 12.8 Å². The fourth-order valence-electron chi connectivity index (χ4n) is 3.40. The molecule has 0 aromatic heterocycles. The third kappa shape index (κ3) is 1.68. The van der Waals surface area contributed by atoms with Crippen molar-refractivity contribution in [2.24, 2.45) is 0 Å². The summed E-state index contributed by atoms with van der Waals surface area (Å²) in [5, 5.41) is 10.5. The summed E-state index contributed by atoms with van der Waals surface area (Å²) in [6.07, 6.45) is 5.07. The summed E-state index contributed by atoms with van der Waals surface area (Å²) >= 11 is 0. The van der Waals surface area contributed by atoms with Gasteiger partial charge in [-0.05, 0) is 38.8 Å². The molecule has 16 heavy (non-hydrogen) atoms. The molecule has 2 aliphatic heterocycles. The summed E-state index contributed by atoms with van der Waals surface area (Å²) in [6, 6.07) is 0.245. The number of ether oxygens (including phenoxy) is 2. The van der Waals surface area contributed by atoms with Gasteiger partial charge in [0, 0.05) is 12.5 Å². The minimum Gasteiger partial charge on any atom is -0.386 e. The van der Waals surface area contributed by atoms with Crippen molar-refractivity contribution in [2.45, 2.75) is 50.0 Å². The molecule has 92 valence electrons. The van der Waals surface area contributed by atoms with Crippen LogP contribution >= 0.6 is 0 Å². The zero-order chi connectivity index (χ0) is 11.0. The number of likely N-dealkylation sites (tertiary alicyclic amines) is 1. The standard InChI is InChI=1S/C12H21NO3/c14-11-10(13-6-1-2-7-13)4-3-5-12(11)15-8-9-16-12/h10-11,14H,1-9H2. The molecule has 1 spiro atoms. The molecule has 1 saturated carbocycles. The first-order chi connectivity index (χ1) is 7.82. The van der Waals surface area contributed by atoms with Crippen LogP contribution in [0, 0.1) is 0 Å². The molecule has 1 N–H and O–H groups in total. The van der Waals surface area contributed by atoms with Crippen LogP contribution < -0.4 is 0 Å². The molecule has 2 unspecified atom stereocenters. The average molecular weight is 227 g/mol. The van der Waals surface area contributed by atoms with Crippen LogP contribution in [0.15, 0.2) is 0 Å². The molecule has 2 atom stereocenters. The molecule has 0 aromatic rings. The average Bonchev–Trinajstić information content (AvgIpc) is 2.94. The molecule has 3 aliphatic rings. The maximum absolute atomic E-state index is 10.5. The van der Waals surface area contributed by atoms with E-state index >= 15 is 0 Å². The molecule has 4 nitrogen and oxygen atoms in total.